The second kappa shape index (κ2) is 8.54. The normalized spacial score (nSPS) is 13.0. The molecule has 0 bridgehead atoms. The lowest BCUT2D eigenvalue weighted by atomic mass is 10.0. The van der Waals surface area contributed by atoms with Crippen LogP contribution in [0.4, 0.5) is 5.69 Å². The van der Waals surface area contributed by atoms with Crippen molar-refractivity contribution in [2.45, 2.75) is 37.2 Å². The lowest BCUT2D eigenvalue weighted by molar-refractivity contribution is 0.673. The Morgan fingerprint density at radius 2 is 2.00 bits per heavy atom. The molecular weight excluding hydrogens is 380 g/mol. The molecule has 0 saturated carbocycles. The van der Waals surface area contributed by atoms with Gasteiger partial charge in [-0.3, -0.25) is 4.79 Å². The molecule has 0 radical (unpaired) electrons. The van der Waals surface area contributed by atoms with Crippen molar-refractivity contribution in [3.63, 3.8) is 0 Å². The van der Waals surface area contributed by atoms with Crippen molar-refractivity contribution in [1.29, 1.82) is 5.26 Å². The second-order valence-corrected chi connectivity index (χ2v) is 8.16. The Kier molecular flexibility index (Phi) is 5.68. The zero-order chi connectivity index (χ0) is 20.2. The van der Waals surface area contributed by atoms with E-state index in [1.165, 1.54) is 23.0 Å². The van der Waals surface area contributed by atoms with Crippen molar-refractivity contribution in [3.8, 4) is 6.07 Å². The summed E-state index contributed by atoms with van der Waals surface area (Å²) in [6.45, 7) is 3.45. The number of anilines is 1. The third-order valence-electron chi connectivity index (χ3n) is 5.24. The van der Waals surface area contributed by atoms with Gasteiger partial charge in [-0.15, -0.1) is 0 Å². The fourth-order valence-corrected chi connectivity index (χ4v) is 4.40. The number of nitrogens with one attached hydrogen (secondary N) is 1. The predicted octanol–water partition coefficient (Wildman–Crippen LogP) is 4.20. The Bertz CT molecular complexity index is 1110. The molecular formula is C23H22N4OS. The predicted molar refractivity (Wildman–Crippen MR) is 116 cm³/mol. The molecule has 1 aromatic heterocycles. The van der Waals surface area contributed by atoms with Crippen LogP contribution in [0.25, 0.3) is 0 Å². The summed E-state index contributed by atoms with van der Waals surface area (Å²) in [6.07, 6.45) is 2.21. The molecule has 0 spiro atoms. The first-order valence-corrected chi connectivity index (χ1v) is 10.7. The molecule has 1 aliphatic rings. The van der Waals surface area contributed by atoms with Crippen molar-refractivity contribution in [2.75, 3.05) is 11.4 Å². The number of aryl methyl sites for hydroxylation is 1. The molecule has 29 heavy (non-hydrogen) atoms. The van der Waals surface area contributed by atoms with Crippen LogP contribution in [0.1, 0.15) is 34.4 Å². The quantitative estimate of drug-likeness (QED) is 0.512. The number of thioether (sulfide) groups is 1. The zero-order valence-electron chi connectivity index (χ0n) is 16.3. The van der Waals surface area contributed by atoms with E-state index in [2.05, 4.69) is 40.2 Å². The van der Waals surface area contributed by atoms with Crippen LogP contribution in [-0.2, 0) is 18.7 Å². The van der Waals surface area contributed by atoms with Gasteiger partial charge in [-0.05, 0) is 49.1 Å². The highest BCUT2D eigenvalue weighted by atomic mass is 32.2. The van der Waals surface area contributed by atoms with E-state index in [0.717, 1.165) is 30.6 Å². The minimum absolute atomic E-state index is 0.0809. The van der Waals surface area contributed by atoms with E-state index >= 15 is 0 Å². The van der Waals surface area contributed by atoms with Gasteiger partial charge in [0.05, 0.1) is 23.9 Å². The molecule has 2 aromatic carbocycles. The van der Waals surface area contributed by atoms with Crippen molar-refractivity contribution >= 4 is 17.4 Å². The summed E-state index contributed by atoms with van der Waals surface area (Å²) in [7, 11) is 0. The monoisotopic (exact) mass is 402 g/mol. The SMILES string of the molecule is Cc1c(CN2CCCc3ccccc32)nc(SCc2ccc(C#N)cc2)[nH]c1=O. The van der Waals surface area contributed by atoms with E-state index in [0.29, 0.717) is 28.6 Å². The number of nitriles is 1. The number of aromatic amines is 1. The van der Waals surface area contributed by atoms with Crippen LogP contribution in [0.5, 0.6) is 0 Å². The number of nitrogens with zero attached hydrogens (tertiary/aromatic N) is 3. The van der Waals surface area contributed by atoms with Crippen LogP contribution in [0.3, 0.4) is 0 Å². The molecule has 3 aromatic rings. The molecule has 0 saturated heterocycles. The molecule has 0 unspecified atom stereocenters. The van der Waals surface area contributed by atoms with Gasteiger partial charge in [-0.1, -0.05) is 42.1 Å². The highest BCUT2D eigenvalue weighted by Gasteiger charge is 2.19. The fourth-order valence-electron chi connectivity index (χ4n) is 3.56. The summed E-state index contributed by atoms with van der Waals surface area (Å²) >= 11 is 1.50. The third-order valence-corrected chi connectivity index (χ3v) is 6.18. The number of H-pyrrole nitrogens is 1. The zero-order valence-corrected chi connectivity index (χ0v) is 17.1. The number of benzene rings is 2. The molecule has 4 rings (SSSR count). The Morgan fingerprint density at radius 1 is 1.21 bits per heavy atom. The van der Waals surface area contributed by atoms with Gasteiger partial charge in [0.1, 0.15) is 0 Å². The van der Waals surface area contributed by atoms with Gasteiger partial charge in [-0.2, -0.15) is 5.26 Å². The summed E-state index contributed by atoms with van der Waals surface area (Å²) in [5.41, 5.74) is 5.75. The lowest BCUT2D eigenvalue weighted by Crippen LogP contribution is -2.30. The molecule has 0 atom stereocenters. The minimum atomic E-state index is -0.0809. The van der Waals surface area contributed by atoms with Gasteiger partial charge in [-0.25, -0.2) is 4.98 Å². The Morgan fingerprint density at radius 3 is 2.79 bits per heavy atom. The molecule has 146 valence electrons. The van der Waals surface area contributed by atoms with Crippen molar-refractivity contribution in [2.24, 2.45) is 0 Å². The Hall–Kier alpha value is -3.04. The van der Waals surface area contributed by atoms with Crippen LogP contribution >= 0.6 is 11.8 Å². The van der Waals surface area contributed by atoms with Crippen molar-refractivity contribution in [1.82, 2.24) is 9.97 Å². The molecule has 1 N–H and O–H groups in total. The summed E-state index contributed by atoms with van der Waals surface area (Å²) in [5.74, 6) is 0.684. The number of hydrogen-bond acceptors (Lipinski definition) is 5. The molecule has 2 heterocycles. The van der Waals surface area contributed by atoms with Gasteiger partial charge in [0.15, 0.2) is 5.16 Å². The minimum Gasteiger partial charge on any atom is -0.365 e. The second-order valence-electron chi connectivity index (χ2n) is 7.19. The van der Waals surface area contributed by atoms with Gasteiger partial charge in [0.25, 0.3) is 5.56 Å². The van der Waals surface area contributed by atoms with Crippen LogP contribution in [0, 0.1) is 18.3 Å². The van der Waals surface area contributed by atoms with Gasteiger partial charge >= 0.3 is 0 Å². The lowest BCUT2D eigenvalue weighted by Gasteiger charge is -2.31. The maximum absolute atomic E-state index is 12.5. The highest BCUT2D eigenvalue weighted by Crippen LogP contribution is 2.28. The van der Waals surface area contributed by atoms with Gasteiger partial charge < -0.3 is 9.88 Å². The van der Waals surface area contributed by atoms with Crippen LogP contribution in [0.15, 0.2) is 58.5 Å². The average molecular weight is 403 g/mol. The molecule has 0 fully saturated rings. The maximum Gasteiger partial charge on any atom is 0.254 e. The maximum atomic E-state index is 12.5. The van der Waals surface area contributed by atoms with Crippen LogP contribution < -0.4 is 10.5 Å². The van der Waals surface area contributed by atoms with E-state index in [9.17, 15) is 4.79 Å². The topological polar surface area (TPSA) is 72.8 Å². The first-order chi connectivity index (χ1) is 14.1. The number of fused-ring (bicyclic) bond motifs is 1. The van der Waals surface area contributed by atoms with E-state index in [1.807, 2.05) is 19.1 Å². The number of hydrogen-bond donors (Lipinski definition) is 1. The number of aromatic nitrogens is 2. The molecule has 0 amide bonds. The molecule has 5 nitrogen and oxygen atoms in total. The standard InChI is InChI=1S/C23H22N4OS/c1-16-20(14-27-12-4-6-19-5-2-3-7-21(19)27)25-23(26-22(16)28)29-15-18-10-8-17(13-24)9-11-18/h2-3,5,7-11H,4,6,12,14-15H2,1H3,(H,25,26,28). The van der Waals surface area contributed by atoms with E-state index in [-0.39, 0.29) is 5.56 Å². The Labute approximate surface area is 174 Å². The average Bonchev–Trinajstić information content (AvgIpc) is 2.76. The van der Waals surface area contributed by atoms with E-state index in [4.69, 9.17) is 10.2 Å². The summed E-state index contributed by atoms with van der Waals surface area (Å²) < 4.78 is 0. The first-order valence-electron chi connectivity index (χ1n) is 9.68. The van der Waals surface area contributed by atoms with E-state index in [1.54, 1.807) is 12.1 Å². The molecule has 6 heteroatoms. The van der Waals surface area contributed by atoms with Gasteiger partial charge in [0.2, 0.25) is 0 Å². The summed E-state index contributed by atoms with van der Waals surface area (Å²) in [5, 5.41) is 9.54. The summed E-state index contributed by atoms with van der Waals surface area (Å²) in [4.78, 5) is 22.5. The largest absolute Gasteiger partial charge is 0.365 e. The number of rotatable bonds is 5. The summed E-state index contributed by atoms with van der Waals surface area (Å²) in [6, 6.07) is 18.1. The highest BCUT2D eigenvalue weighted by molar-refractivity contribution is 7.98. The smallest absolute Gasteiger partial charge is 0.254 e. The molecule has 0 aliphatic carbocycles. The first kappa shape index (κ1) is 19.3. The van der Waals surface area contributed by atoms with Crippen molar-refractivity contribution in [3.05, 3.63) is 86.8 Å². The van der Waals surface area contributed by atoms with Gasteiger partial charge in [0, 0.05) is 23.5 Å². The fraction of sp³-hybridized carbons (Fsp3) is 0.261. The third kappa shape index (κ3) is 4.36. The molecule has 1 aliphatic heterocycles. The Balaban J connectivity index is 1.53. The van der Waals surface area contributed by atoms with Crippen LogP contribution in [0.2, 0.25) is 0 Å². The van der Waals surface area contributed by atoms with Crippen molar-refractivity contribution < 1.29 is 0 Å². The number of para-hydroxylation sites is 1. The van der Waals surface area contributed by atoms with E-state index < -0.39 is 0 Å². The van der Waals surface area contributed by atoms with Crippen LogP contribution in [-0.4, -0.2) is 16.5 Å².